The average Bonchev–Trinajstić information content (AvgIpc) is 2.43. The normalized spacial score (nSPS) is 12.1. The molecule has 1 atom stereocenters. The van der Waals surface area contributed by atoms with E-state index in [1.807, 2.05) is 0 Å². The van der Waals surface area contributed by atoms with Crippen molar-refractivity contribution in [1.29, 1.82) is 0 Å². The zero-order valence-electron chi connectivity index (χ0n) is 10.4. The summed E-state index contributed by atoms with van der Waals surface area (Å²) >= 11 is 0. The van der Waals surface area contributed by atoms with Gasteiger partial charge in [-0.05, 0) is 25.0 Å². The summed E-state index contributed by atoms with van der Waals surface area (Å²) in [5, 5.41) is 0. The van der Waals surface area contributed by atoms with Crippen molar-refractivity contribution < 1.29 is 19.1 Å². The van der Waals surface area contributed by atoms with E-state index >= 15 is 0 Å². The van der Waals surface area contributed by atoms with Crippen LogP contribution in [0.2, 0.25) is 0 Å². The van der Waals surface area contributed by atoms with Gasteiger partial charge in [-0.25, -0.2) is 9.59 Å². The molecule has 0 saturated heterocycles. The number of hydrogen-bond donors (Lipinski definition) is 1. The highest BCUT2D eigenvalue weighted by atomic mass is 16.5. The molecule has 0 fully saturated rings. The standard InChI is InChI=1S/C13H9N3O4/c1-3-13(14,20-8-19)10-4-11(15-6-17)9(2)12(5-10)16-7-18/h1,4-5,8H,14H2,2H3. The highest BCUT2D eigenvalue weighted by Crippen LogP contribution is 2.33. The van der Waals surface area contributed by atoms with Gasteiger partial charge in [-0.15, -0.1) is 6.42 Å². The maximum absolute atomic E-state index is 10.5. The quantitative estimate of drug-likeness (QED) is 0.280. The number of nitrogens with zero attached hydrogens (tertiary/aromatic N) is 2. The van der Waals surface area contributed by atoms with Gasteiger partial charge >= 0.3 is 0 Å². The van der Waals surface area contributed by atoms with Gasteiger partial charge < -0.3 is 4.74 Å². The molecule has 0 aliphatic rings. The first kappa shape index (κ1) is 15.0. The molecular weight excluding hydrogens is 262 g/mol. The number of benzene rings is 1. The number of isocyanates is 2. The van der Waals surface area contributed by atoms with Crippen molar-refractivity contribution in [3.05, 3.63) is 23.3 Å². The molecule has 0 radical (unpaired) electrons. The summed E-state index contributed by atoms with van der Waals surface area (Å²) in [7, 11) is 0. The molecule has 2 N–H and O–H groups in total. The third kappa shape index (κ3) is 2.86. The maximum Gasteiger partial charge on any atom is 0.295 e. The second-order valence-corrected chi connectivity index (χ2v) is 3.64. The van der Waals surface area contributed by atoms with Crippen LogP contribution < -0.4 is 5.73 Å². The van der Waals surface area contributed by atoms with Crippen LogP contribution in [0.1, 0.15) is 11.1 Å². The summed E-state index contributed by atoms with van der Waals surface area (Å²) in [6.45, 7) is 1.66. The lowest BCUT2D eigenvalue weighted by molar-refractivity contribution is -0.138. The minimum absolute atomic E-state index is 0.0883. The molecule has 1 aromatic carbocycles. The topological polar surface area (TPSA) is 111 Å². The highest BCUT2D eigenvalue weighted by Gasteiger charge is 2.28. The molecule has 0 amide bonds. The smallest absolute Gasteiger partial charge is 0.295 e. The van der Waals surface area contributed by atoms with Gasteiger partial charge in [-0.3, -0.25) is 10.5 Å². The molecule has 100 valence electrons. The summed E-state index contributed by atoms with van der Waals surface area (Å²) in [6, 6.07) is 2.68. The van der Waals surface area contributed by atoms with Crippen molar-refractivity contribution in [3.8, 4) is 12.3 Å². The molecule has 0 aromatic heterocycles. The zero-order chi connectivity index (χ0) is 15.2. The Morgan fingerprint density at radius 2 is 1.80 bits per heavy atom. The molecule has 20 heavy (non-hydrogen) atoms. The van der Waals surface area contributed by atoms with Crippen molar-refractivity contribution in [1.82, 2.24) is 0 Å². The number of aliphatic imine (C=N–C) groups is 2. The second-order valence-electron chi connectivity index (χ2n) is 3.64. The Labute approximate surface area is 114 Å². The van der Waals surface area contributed by atoms with Crippen LogP contribution in [0.15, 0.2) is 22.1 Å². The average molecular weight is 271 g/mol. The van der Waals surface area contributed by atoms with Crippen LogP contribution >= 0.6 is 0 Å². The maximum atomic E-state index is 10.5. The van der Waals surface area contributed by atoms with Crippen LogP contribution in [0.3, 0.4) is 0 Å². The van der Waals surface area contributed by atoms with E-state index in [4.69, 9.17) is 12.2 Å². The predicted molar refractivity (Wildman–Crippen MR) is 68.6 cm³/mol. The summed E-state index contributed by atoms with van der Waals surface area (Å²) in [4.78, 5) is 38.2. The molecule has 1 rings (SSSR count). The fourth-order valence-electron chi connectivity index (χ4n) is 1.49. The first-order valence-corrected chi connectivity index (χ1v) is 5.21. The summed E-state index contributed by atoms with van der Waals surface area (Å²) in [6.07, 6.45) is 7.95. The minimum atomic E-state index is -1.87. The van der Waals surface area contributed by atoms with Crippen molar-refractivity contribution in [3.63, 3.8) is 0 Å². The van der Waals surface area contributed by atoms with Gasteiger partial charge in [0.25, 0.3) is 12.2 Å². The van der Waals surface area contributed by atoms with E-state index in [2.05, 4.69) is 20.6 Å². The number of ether oxygens (including phenoxy) is 1. The Hall–Kier alpha value is -3.03. The minimum Gasteiger partial charge on any atom is -0.430 e. The summed E-state index contributed by atoms with van der Waals surface area (Å²) in [5.74, 6) is 2.10. The van der Waals surface area contributed by atoms with Crippen LogP contribution in [0.5, 0.6) is 0 Å². The van der Waals surface area contributed by atoms with Gasteiger partial charge in [0.15, 0.2) is 0 Å². The van der Waals surface area contributed by atoms with Gasteiger partial charge in [0, 0.05) is 11.1 Å². The molecule has 7 nitrogen and oxygen atoms in total. The Bertz CT molecular complexity index is 640. The lowest BCUT2D eigenvalue weighted by Gasteiger charge is -2.22. The van der Waals surface area contributed by atoms with Gasteiger partial charge in [0.1, 0.15) is 0 Å². The van der Waals surface area contributed by atoms with E-state index in [0.29, 0.717) is 5.56 Å². The highest BCUT2D eigenvalue weighted by molar-refractivity contribution is 5.68. The Kier molecular flexibility index (Phi) is 4.68. The van der Waals surface area contributed by atoms with Crippen LogP contribution in [0.25, 0.3) is 0 Å². The zero-order valence-corrected chi connectivity index (χ0v) is 10.4. The number of terminal acetylenes is 1. The van der Waals surface area contributed by atoms with Gasteiger partial charge in [0.05, 0.1) is 11.4 Å². The van der Waals surface area contributed by atoms with Gasteiger partial charge in [0.2, 0.25) is 12.2 Å². The van der Waals surface area contributed by atoms with Crippen LogP contribution in [0.4, 0.5) is 11.4 Å². The number of rotatable bonds is 5. The molecule has 7 heteroatoms. The Morgan fingerprint density at radius 3 is 2.15 bits per heavy atom. The van der Waals surface area contributed by atoms with Gasteiger partial charge in [-0.2, -0.15) is 9.98 Å². The fraction of sp³-hybridized carbons (Fsp3) is 0.154. The van der Waals surface area contributed by atoms with E-state index in [1.54, 1.807) is 6.92 Å². The summed E-state index contributed by atoms with van der Waals surface area (Å²) in [5.41, 5.74) is 4.71. The number of carbonyl (C=O) groups excluding carboxylic acids is 3. The van der Waals surface area contributed by atoms with Crippen molar-refractivity contribution in [2.75, 3.05) is 0 Å². The lowest BCUT2D eigenvalue weighted by atomic mass is 9.99. The van der Waals surface area contributed by atoms with Crippen LogP contribution in [-0.4, -0.2) is 18.6 Å². The van der Waals surface area contributed by atoms with Crippen molar-refractivity contribution in [2.45, 2.75) is 12.6 Å². The molecule has 1 unspecified atom stereocenters. The van der Waals surface area contributed by atoms with Crippen LogP contribution in [-0.2, 0) is 24.8 Å². The molecular formula is C13H9N3O4. The van der Waals surface area contributed by atoms with Gasteiger partial charge in [-0.1, -0.05) is 0 Å². The first-order valence-electron chi connectivity index (χ1n) is 5.21. The first-order chi connectivity index (χ1) is 9.52. The number of carbonyl (C=O) groups is 1. The molecule has 1 aromatic rings. The SMILES string of the molecule is C#CC(N)(OC=O)c1cc(N=C=O)c(C)c(N=C=O)c1. The van der Waals surface area contributed by atoms with E-state index in [1.165, 1.54) is 24.3 Å². The monoisotopic (exact) mass is 271 g/mol. The number of hydrogen-bond acceptors (Lipinski definition) is 7. The summed E-state index contributed by atoms with van der Waals surface area (Å²) < 4.78 is 4.65. The molecule has 0 aliphatic heterocycles. The fourth-order valence-corrected chi connectivity index (χ4v) is 1.49. The second kappa shape index (κ2) is 6.23. The largest absolute Gasteiger partial charge is 0.430 e. The predicted octanol–water partition coefficient (Wildman–Crippen LogP) is 0.847. The Balaban J connectivity index is 3.64. The molecule has 0 bridgehead atoms. The third-order valence-corrected chi connectivity index (χ3v) is 2.56. The van der Waals surface area contributed by atoms with Crippen LogP contribution in [0, 0.1) is 19.3 Å². The third-order valence-electron chi connectivity index (χ3n) is 2.56. The van der Waals surface area contributed by atoms with E-state index in [0.717, 1.165) is 0 Å². The van der Waals surface area contributed by atoms with E-state index < -0.39 is 5.72 Å². The molecule has 0 saturated carbocycles. The lowest BCUT2D eigenvalue weighted by Crippen LogP contribution is -2.37. The van der Waals surface area contributed by atoms with Crippen molar-refractivity contribution in [2.24, 2.45) is 15.7 Å². The number of nitrogens with two attached hydrogens (primary N) is 1. The molecule has 0 heterocycles. The van der Waals surface area contributed by atoms with E-state index in [9.17, 15) is 14.4 Å². The Morgan fingerprint density at radius 1 is 1.30 bits per heavy atom. The molecule has 0 spiro atoms. The van der Waals surface area contributed by atoms with E-state index in [-0.39, 0.29) is 23.4 Å². The van der Waals surface area contributed by atoms with Crippen molar-refractivity contribution >= 4 is 30.0 Å². The molecule has 0 aliphatic carbocycles.